The van der Waals surface area contributed by atoms with E-state index in [1.807, 2.05) is 12.1 Å². The number of anilines is 1. The molecule has 0 radical (unpaired) electrons. The summed E-state index contributed by atoms with van der Waals surface area (Å²) in [6, 6.07) is 5.52. The van der Waals surface area contributed by atoms with Crippen LogP contribution in [0, 0.1) is 11.8 Å². The third-order valence-electron chi connectivity index (χ3n) is 4.85. The molecule has 7 heteroatoms. The third kappa shape index (κ3) is 3.00. The number of aromatic nitrogens is 1. The number of hydrogen-bond donors (Lipinski definition) is 0. The molecular weight excluding hydrogens is 356 g/mol. The largest absolute Gasteiger partial charge is 0.299 e. The van der Waals surface area contributed by atoms with Gasteiger partial charge in [0.25, 0.3) is 0 Å². The molecule has 2 atom stereocenters. The minimum absolute atomic E-state index is 0.0512. The minimum atomic E-state index is -0.139. The topological polar surface area (TPSA) is 67.3 Å². The Kier molecular flexibility index (Phi) is 4.37. The monoisotopic (exact) mass is 374 g/mol. The summed E-state index contributed by atoms with van der Waals surface area (Å²) in [6.45, 7) is 1.56. The van der Waals surface area contributed by atoms with E-state index >= 15 is 0 Å². The van der Waals surface area contributed by atoms with Gasteiger partial charge in [-0.2, -0.15) is 0 Å². The molecule has 1 saturated heterocycles. The molecule has 0 bridgehead atoms. The first-order valence-corrected chi connectivity index (χ1v) is 10.3. The van der Waals surface area contributed by atoms with Crippen molar-refractivity contribution in [2.75, 3.05) is 10.7 Å². The highest BCUT2D eigenvalue weighted by molar-refractivity contribution is 8.01. The van der Waals surface area contributed by atoms with Gasteiger partial charge in [0.1, 0.15) is 5.78 Å². The van der Waals surface area contributed by atoms with Gasteiger partial charge in [-0.3, -0.25) is 19.3 Å². The van der Waals surface area contributed by atoms with Crippen LogP contribution in [0.3, 0.4) is 0 Å². The molecule has 1 aliphatic carbocycles. The Hall–Kier alpha value is -1.73. The number of Topliss-reactive ketones (excluding diaryl/α,β-unsaturated/α-hetero) is 1. The van der Waals surface area contributed by atoms with E-state index in [4.69, 9.17) is 0 Å². The van der Waals surface area contributed by atoms with Crippen molar-refractivity contribution in [1.29, 1.82) is 0 Å². The Bertz CT molecular complexity index is 852. The quantitative estimate of drug-likeness (QED) is 0.603. The zero-order valence-electron chi connectivity index (χ0n) is 13.9. The number of ketones is 1. The number of thiazole rings is 1. The number of imide groups is 1. The van der Waals surface area contributed by atoms with Gasteiger partial charge in [0.2, 0.25) is 11.8 Å². The highest BCUT2D eigenvalue weighted by atomic mass is 32.2. The van der Waals surface area contributed by atoms with Crippen molar-refractivity contribution in [3.05, 3.63) is 18.2 Å². The van der Waals surface area contributed by atoms with Gasteiger partial charge in [0.05, 0.1) is 33.5 Å². The lowest BCUT2D eigenvalue weighted by Crippen LogP contribution is -2.30. The fourth-order valence-electron chi connectivity index (χ4n) is 3.67. The molecule has 1 aromatic heterocycles. The van der Waals surface area contributed by atoms with Crippen LogP contribution in [0.15, 0.2) is 22.5 Å². The molecule has 0 N–H and O–H groups in total. The van der Waals surface area contributed by atoms with Crippen LogP contribution in [-0.4, -0.2) is 28.3 Å². The zero-order chi connectivity index (χ0) is 17.6. The summed E-state index contributed by atoms with van der Waals surface area (Å²) in [5.74, 6) is 0.134. The SMILES string of the molecule is CC(=O)CSc1nc2ccc(N3C(=O)[C@H]4CCCC[C@@H]4C3=O)cc2s1. The maximum Gasteiger partial charge on any atom is 0.237 e. The van der Waals surface area contributed by atoms with Gasteiger partial charge >= 0.3 is 0 Å². The lowest BCUT2D eigenvalue weighted by molar-refractivity contribution is -0.122. The van der Waals surface area contributed by atoms with Gasteiger partial charge in [0, 0.05) is 0 Å². The van der Waals surface area contributed by atoms with Crippen LogP contribution >= 0.6 is 23.1 Å². The maximum atomic E-state index is 12.7. The van der Waals surface area contributed by atoms with Gasteiger partial charge in [-0.05, 0) is 38.0 Å². The molecular formula is C18H18N2O3S2. The molecule has 2 heterocycles. The summed E-state index contributed by atoms with van der Waals surface area (Å²) in [7, 11) is 0. The molecule has 1 aliphatic heterocycles. The molecule has 2 aliphatic rings. The van der Waals surface area contributed by atoms with E-state index in [2.05, 4.69) is 4.98 Å². The maximum absolute atomic E-state index is 12.7. The molecule has 0 unspecified atom stereocenters. The van der Waals surface area contributed by atoms with E-state index < -0.39 is 0 Å². The fourth-order valence-corrected chi connectivity index (χ4v) is 5.57. The Morgan fingerprint density at radius 3 is 2.56 bits per heavy atom. The van der Waals surface area contributed by atoms with Gasteiger partial charge in [-0.1, -0.05) is 24.6 Å². The molecule has 4 rings (SSSR count). The molecule has 25 heavy (non-hydrogen) atoms. The first-order chi connectivity index (χ1) is 12.0. The minimum Gasteiger partial charge on any atom is -0.299 e. The lowest BCUT2D eigenvalue weighted by Gasteiger charge is -2.19. The highest BCUT2D eigenvalue weighted by Gasteiger charge is 2.48. The molecule has 1 saturated carbocycles. The van der Waals surface area contributed by atoms with Gasteiger partial charge in [-0.15, -0.1) is 11.3 Å². The van der Waals surface area contributed by atoms with Crippen molar-refractivity contribution in [2.45, 2.75) is 36.9 Å². The van der Waals surface area contributed by atoms with Crippen LogP contribution in [0.2, 0.25) is 0 Å². The number of nitrogens with zero attached hydrogens (tertiary/aromatic N) is 2. The van der Waals surface area contributed by atoms with Crippen LogP contribution in [0.25, 0.3) is 10.2 Å². The Morgan fingerprint density at radius 2 is 1.92 bits per heavy atom. The molecule has 5 nitrogen and oxygen atoms in total. The van der Waals surface area contributed by atoms with E-state index in [-0.39, 0.29) is 29.4 Å². The summed E-state index contributed by atoms with van der Waals surface area (Å²) in [5.41, 5.74) is 1.47. The number of fused-ring (bicyclic) bond motifs is 2. The number of carbonyl (C=O) groups excluding carboxylic acids is 3. The van der Waals surface area contributed by atoms with E-state index in [0.717, 1.165) is 40.2 Å². The predicted molar refractivity (Wildman–Crippen MR) is 99.0 cm³/mol. The summed E-state index contributed by atoms with van der Waals surface area (Å²) in [5, 5.41) is 0. The summed E-state index contributed by atoms with van der Waals surface area (Å²) >= 11 is 2.91. The summed E-state index contributed by atoms with van der Waals surface area (Å²) < 4.78 is 1.76. The average Bonchev–Trinajstić information content (AvgIpc) is 3.12. The number of rotatable bonds is 4. The molecule has 0 spiro atoms. The van der Waals surface area contributed by atoms with E-state index in [9.17, 15) is 14.4 Å². The Balaban J connectivity index is 1.64. The van der Waals surface area contributed by atoms with Crippen molar-refractivity contribution < 1.29 is 14.4 Å². The molecule has 2 fully saturated rings. The second kappa shape index (κ2) is 6.53. The first-order valence-electron chi connectivity index (χ1n) is 8.45. The van der Waals surface area contributed by atoms with Crippen molar-refractivity contribution in [3.8, 4) is 0 Å². The van der Waals surface area contributed by atoms with E-state index in [1.165, 1.54) is 28.0 Å². The number of carbonyl (C=O) groups is 3. The van der Waals surface area contributed by atoms with Crippen LogP contribution < -0.4 is 4.90 Å². The number of amides is 2. The average molecular weight is 374 g/mol. The number of hydrogen-bond acceptors (Lipinski definition) is 6. The van der Waals surface area contributed by atoms with Crippen LogP contribution in [0.4, 0.5) is 5.69 Å². The fraction of sp³-hybridized carbons (Fsp3) is 0.444. The molecule has 1 aromatic carbocycles. The molecule has 130 valence electrons. The van der Waals surface area contributed by atoms with Crippen molar-refractivity contribution in [1.82, 2.24) is 4.98 Å². The van der Waals surface area contributed by atoms with Crippen LogP contribution in [0.5, 0.6) is 0 Å². The van der Waals surface area contributed by atoms with Crippen molar-refractivity contribution in [3.63, 3.8) is 0 Å². The zero-order valence-corrected chi connectivity index (χ0v) is 15.5. The van der Waals surface area contributed by atoms with Gasteiger partial charge < -0.3 is 0 Å². The second-order valence-corrected chi connectivity index (χ2v) is 8.88. The van der Waals surface area contributed by atoms with Crippen LogP contribution in [-0.2, 0) is 14.4 Å². The standard InChI is InChI=1S/C18H18N2O3S2/c1-10(21)9-24-18-19-14-7-6-11(8-15(14)25-18)20-16(22)12-4-2-3-5-13(12)17(20)23/h6-8,12-13H,2-5,9H2,1H3/t12-,13-/m0/s1. The Labute approximate surface area is 153 Å². The van der Waals surface area contributed by atoms with Gasteiger partial charge in [-0.25, -0.2) is 4.98 Å². The normalized spacial score (nSPS) is 23.3. The van der Waals surface area contributed by atoms with Gasteiger partial charge in [0.15, 0.2) is 4.34 Å². The molecule has 2 aromatic rings. The number of thioether (sulfide) groups is 1. The first kappa shape index (κ1) is 16.7. The van der Waals surface area contributed by atoms with Crippen molar-refractivity contribution >= 4 is 56.6 Å². The van der Waals surface area contributed by atoms with E-state index in [0.29, 0.717) is 11.4 Å². The van der Waals surface area contributed by atoms with E-state index in [1.54, 1.807) is 13.0 Å². The predicted octanol–water partition coefficient (Wildman–Crippen LogP) is 3.66. The van der Waals surface area contributed by atoms with Crippen LogP contribution in [0.1, 0.15) is 32.6 Å². The number of benzene rings is 1. The third-order valence-corrected chi connectivity index (χ3v) is 7.16. The highest BCUT2D eigenvalue weighted by Crippen LogP contribution is 2.41. The van der Waals surface area contributed by atoms with Crippen molar-refractivity contribution in [2.24, 2.45) is 11.8 Å². The molecule has 2 amide bonds. The summed E-state index contributed by atoms with van der Waals surface area (Å²) in [6.07, 6.45) is 3.69. The summed E-state index contributed by atoms with van der Waals surface area (Å²) in [4.78, 5) is 42.5. The Morgan fingerprint density at radius 1 is 1.24 bits per heavy atom. The lowest BCUT2D eigenvalue weighted by atomic mass is 9.81. The second-order valence-electron chi connectivity index (χ2n) is 6.63. The smallest absolute Gasteiger partial charge is 0.237 e.